The summed E-state index contributed by atoms with van der Waals surface area (Å²) < 4.78 is 6.06. The quantitative estimate of drug-likeness (QED) is 0.817. The second-order valence-corrected chi connectivity index (χ2v) is 6.60. The zero-order valence-electron chi connectivity index (χ0n) is 11.2. The molecule has 98 valence electrons. The topological polar surface area (TPSA) is 49.8 Å². The van der Waals surface area contributed by atoms with Crippen LogP contribution in [0.5, 0.6) is 0 Å². The smallest absolute Gasteiger partial charge is 0.303 e. The molecule has 2 rings (SSSR count). The predicted molar refractivity (Wildman–Crippen MR) is 65.0 cm³/mol. The molecule has 1 N–H and O–H groups in total. The Kier molecular flexibility index (Phi) is 2.99. The van der Waals surface area contributed by atoms with E-state index < -0.39 is 5.97 Å². The predicted octanol–water partition coefficient (Wildman–Crippen LogP) is 1.74. The number of nitrogens with zero attached hydrogens (tertiary/aromatic N) is 1. The maximum Gasteiger partial charge on any atom is 0.303 e. The third-order valence-electron chi connectivity index (χ3n) is 3.92. The third kappa shape index (κ3) is 2.63. The van der Waals surface area contributed by atoms with Gasteiger partial charge < -0.3 is 9.84 Å². The van der Waals surface area contributed by atoms with Crippen molar-refractivity contribution in [2.24, 2.45) is 5.92 Å². The highest BCUT2D eigenvalue weighted by Gasteiger charge is 2.50. The lowest BCUT2D eigenvalue weighted by Gasteiger charge is -2.46. The van der Waals surface area contributed by atoms with Crippen LogP contribution in [-0.2, 0) is 9.53 Å². The van der Waals surface area contributed by atoms with Gasteiger partial charge in [0.05, 0.1) is 17.6 Å². The van der Waals surface area contributed by atoms with Crippen molar-refractivity contribution in [3.05, 3.63) is 0 Å². The lowest BCUT2D eigenvalue weighted by atomic mass is 9.86. The summed E-state index contributed by atoms with van der Waals surface area (Å²) in [6, 6.07) is 0.419. The molecule has 0 spiro atoms. The Morgan fingerprint density at radius 3 is 2.35 bits per heavy atom. The largest absolute Gasteiger partial charge is 0.481 e. The molecular formula is C13H23NO3. The van der Waals surface area contributed by atoms with Crippen LogP contribution in [0, 0.1) is 5.92 Å². The Morgan fingerprint density at radius 2 is 1.94 bits per heavy atom. The molecular weight excluding hydrogens is 218 g/mol. The first-order valence-electron chi connectivity index (χ1n) is 6.36. The average Bonchev–Trinajstić information content (AvgIpc) is 2.25. The van der Waals surface area contributed by atoms with E-state index >= 15 is 0 Å². The summed E-state index contributed by atoms with van der Waals surface area (Å²) in [5.41, 5.74) is -0.191. The van der Waals surface area contributed by atoms with Gasteiger partial charge in [0.1, 0.15) is 0 Å². The van der Waals surface area contributed by atoms with Crippen molar-refractivity contribution in [2.45, 2.75) is 57.8 Å². The molecule has 1 unspecified atom stereocenters. The van der Waals surface area contributed by atoms with Crippen molar-refractivity contribution in [3.63, 3.8) is 0 Å². The number of likely N-dealkylation sites (tertiary alicyclic amines) is 1. The van der Waals surface area contributed by atoms with Gasteiger partial charge in [-0.2, -0.15) is 0 Å². The van der Waals surface area contributed by atoms with Crippen molar-refractivity contribution in [1.29, 1.82) is 0 Å². The minimum absolute atomic E-state index is 0.0634. The Bertz CT molecular complexity index is 319. The zero-order chi connectivity index (χ0) is 12.8. The molecule has 17 heavy (non-hydrogen) atoms. The summed E-state index contributed by atoms with van der Waals surface area (Å²) in [6.07, 6.45) is 1.33. The second-order valence-electron chi connectivity index (χ2n) is 6.60. The Balaban J connectivity index is 1.91. The molecule has 1 atom stereocenters. The SMILES string of the molecule is CC1(C)CC(N2CC(CC(=O)O)C2)C(C)(C)O1. The van der Waals surface area contributed by atoms with Gasteiger partial charge in [-0.3, -0.25) is 9.69 Å². The molecule has 4 heteroatoms. The number of rotatable bonds is 3. The fourth-order valence-electron chi connectivity index (χ4n) is 3.34. The summed E-state index contributed by atoms with van der Waals surface area (Å²) in [4.78, 5) is 13.0. The van der Waals surface area contributed by atoms with Crippen LogP contribution >= 0.6 is 0 Å². The first-order chi connectivity index (χ1) is 7.70. The van der Waals surface area contributed by atoms with Crippen LogP contribution in [0.3, 0.4) is 0 Å². The molecule has 0 saturated carbocycles. The molecule has 2 aliphatic rings. The maximum atomic E-state index is 10.6. The summed E-state index contributed by atoms with van der Waals surface area (Å²) in [5, 5.41) is 8.74. The van der Waals surface area contributed by atoms with E-state index in [1.807, 2.05) is 0 Å². The number of aliphatic carboxylic acids is 1. The van der Waals surface area contributed by atoms with Gasteiger partial charge in [-0.1, -0.05) is 0 Å². The number of hydrogen-bond acceptors (Lipinski definition) is 3. The van der Waals surface area contributed by atoms with Crippen molar-refractivity contribution in [3.8, 4) is 0 Å². The van der Waals surface area contributed by atoms with Gasteiger partial charge in [0.25, 0.3) is 0 Å². The van der Waals surface area contributed by atoms with Crippen molar-refractivity contribution >= 4 is 5.97 Å². The van der Waals surface area contributed by atoms with Crippen LogP contribution in [0.25, 0.3) is 0 Å². The summed E-state index contributed by atoms with van der Waals surface area (Å²) in [7, 11) is 0. The number of ether oxygens (including phenoxy) is 1. The molecule has 0 aromatic rings. The Labute approximate surface area is 103 Å². The highest BCUT2D eigenvalue weighted by Crippen LogP contribution is 2.42. The van der Waals surface area contributed by atoms with Gasteiger partial charge in [-0.15, -0.1) is 0 Å². The standard InChI is InChI=1S/C13H23NO3/c1-12(2)6-10(13(3,4)17-12)14-7-9(8-14)5-11(15)16/h9-10H,5-8H2,1-4H3,(H,15,16). The van der Waals surface area contributed by atoms with E-state index in [9.17, 15) is 4.79 Å². The number of hydrogen-bond donors (Lipinski definition) is 1. The van der Waals surface area contributed by atoms with Crippen LogP contribution in [0.2, 0.25) is 0 Å². The highest BCUT2D eigenvalue weighted by atomic mass is 16.5. The van der Waals surface area contributed by atoms with Crippen LogP contribution in [0.1, 0.15) is 40.5 Å². The number of carboxylic acids is 1. The van der Waals surface area contributed by atoms with Crippen LogP contribution in [-0.4, -0.2) is 46.3 Å². The van der Waals surface area contributed by atoms with E-state index in [2.05, 4.69) is 32.6 Å². The first kappa shape index (κ1) is 12.8. The zero-order valence-corrected chi connectivity index (χ0v) is 11.2. The van der Waals surface area contributed by atoms with Gasteiger partial charge >= 0.3 is 5.97 Å². The van der Waals surface area contributed by atoms with Gasteiger partial charge in [0, 0.05) is 19.1 Å². The summed E-state index contributed by atoms with van der Waals surface area (Å²) in [5.74, 6) is -0.357. The second kappa shape index (κ2) is 3.95. The number of carboxylic acid groups (broad SMARTS) is 1. The van der Waals surface area contributed by atoms with E-state index in [1.165, 1.54) is 0 Å². The summed E-state index contributed by atoms with van der Waals surface area (Å²) >= 11 is 0. The van der Waals surface area contributed by atoms with Gasteiger partial charge in [-0.05, 0) is 40.0 Å². The average molecular weight is 241 g/mol. The molecule has 2 aliphatic heterocycles. The molecule has 0 radical (unpaired) electrons. The van der Waals surface area contributed by atoms with E-state index in [0.717, 1.165) is 19.5 Å². The molecule has 0 aromatic heterocycles. The van der Waals surface area contributed by atoms with Gasteiger partial charge in [0.2, 0.25) is 0 Å². The molecule has 0 amide bonds. The molecule has 2 heterocycles. The van der Waals surface area contributed by atoms with Crippen LogP contribution in [0.4, 0.5) is 0 Å². The van der Waals surface area contributed by atoms with Crippen molar-refractivity contribution < 1.29 is 14.6 Å². The normalized spacial score (nSPS) is 32.4. The highest BCUT2D eigenvalue weighted by molar-refractivity contribution is 5.67. The molecule has 0 aliphatic carbocycles. The molecule has 0 aromatic carbocycles. The fraction of sp³-hybridized carbons (Fsp3) is 0.923. The Morgan fingerprint density at radius 1 is 1.35 bits per heavy atom. The van der Waals surface area contributed by atoms with E-state index in [4.69, 9.17) is 9.84 Å². The van der Waals surface area contributed by atoms with E-state index in [-0.39, 0.29) is 11.2 Å². The summed E-state index contributed by atoms with van der Waals surface area (Å²) in [6.45, 7) is 10.3. The Hall–Kier alpha value is -0.610. The van der Waals surface area contributed by atoms with E-state index in [1.54, 1.807) is 0 Å². The first-order valence-corrected chi connectivity index (χ1v) is 6.36. The third-order valence-corrected chi connectivity index (χ3v) is 3.92. The van der Waals surface area contributed by atoms with Crippen molar-refractivity contribution in [2.75, 3.05) is 13.1 Å². The van der Waals surface area contributed by atoms with Crippen LogP contribution < -0.4 is 0 Å². The lowest BCUT2D eigenvalue weighted by molar-refractivity contribution is -0.140. The van der Waals surface area contributed by atoms with Gasteiger partial charge in [-0.25, -0.2) is 0 Å². The lowest BCUT2D eigenvalue weighted by Crippen LogP contribution is -2.57. The fourth-order valence-corrected chi connectivity index (χ4v) is 3.34. The van der Waals surface area contributed by atoms with E-state index in [0.29, 0.717) is 18.4 Å². The van der Waals surface area contributed by atoms with Gasteiger partial charge in [0.15, 0.2) is 0 Å². The minimum atomic E-state index is -0.683. The maximum absolute atomic E-state index is 10.6. The minimum Gasteiger partial charge on any atom is -0.481 e. The van der Waals surface area contributed by atoms with Crippen LogP contribution in [0.15, 0.2) is 0 Å². The molecule has 4 nitrogen and oxygen atoms in total. The number of carbonyl (C=O) groups is 1. The molecule has 2 saturated heterocycles. The van der Waals surface area contributed by atoms with Crippen molar-refractivity contribution in [1.82, 2.24) is 4.90 Å². The monoisotopic (exact) mass is 241 g/mol. The molecule has 2 fully saturated rings. The molecule has 0 bridgehead atoms.